The van der Waals surface area contributed by atoms with Gasteiger partial charge in [0.15, 0.2) is 0 Å². The Balaban J connectivity index is 1.50. The molecule has 4 aliphatic carbocycles. The summed E-state index contributed by atoms with van der Waals surface area (Å²) in [5.74, 6) is 3.43. The van der Waals surface area contributed by atoms with E-state index in [1.165, 1.54) is 24.8 Å². The number of fused-ring (bicyclic) bond motifs is 5. The van der Waals surface area contributed by atoms with Crippen LogP contribution in [0.15, 0.2) is 11.6 Å². The first kappa shape index (κ1) is 22.8. The minimum atomic E-state index is -0.157. The highest BCUT2D eigenvalue weighted by atomic mass is 16.3. The fourth-order valence-electron chi connectivity index (χ4n) is 8.78. The van der Waals surface area contributed by atoms with Crippen molar-refractivity contribution in [3.8, 4) is 0 Å². The quantitative estimate of drug-likeness (QED) is 0.511. The average molecular weight is 419 g/mol. The van der Waals surface area contributed by atoms with E-state index in [1.54, 1.807) is 0 Å². The Morgan fingerprint density at radius 3 is 2.57 bits per heavy atom. The van der Waals surface area contributed by atoms with Gasteiger partial charge in [-0.1, -0.05) is 52.2 Å². The van der Waals surface area contributed by atoms with Crippen molar-refractivity contribution < 1.29 is 15.3 Å². The molecule has 3 heteroatoms. The van der Waals surface area contributed by atoms with E-state index in [4.69, 9.17) is 0 Å². The number of allylic oxidation sites excluding steroid dienone is 1. The molecule has 3 saturated carbocycles. The van der Waals surface area contributed by atoms with Crippen molar-refractivity contribution in [3.05, 3.63) is 11.6 Å². The molecule has 4 aliphatic rings. The third-order valence-electron chi connectivity index (χ3n) is 10.5. The van der Waals surface area contributed by atoms with Crippen LogP contribution in [0.1, 0.15) is 91.9 Å². The molecule has 0 radical (unpaired) electrons. The second kappa shape index (κ2) is 8.52. The van der Waals surface area contributed by atoms with E-state index < -0.39 is 0 Å². The second-order valence-electron chi connectivity index (χ2n) is 12.2. The van der Waals surface area contributed by atoms with Crippen LogP contribution in [-0.2, 0) is 0 Å². The maximum absolute atomic E-state index is 11.2. The molecular weight excluding hydrogens is 372 g/mol. The van der Waals surface area contributed by atoms with Gasteiger partial charge in [0.1, 0.15) is 0 Å². The molecule has 3 fully saturated rings. The first-order valence-electron chi connectivity index (χ1n) is 12.9. The molecule has 172 valence electrons. The van der Waals surface area contributed by atoms with Gasteiger partial charge < -0.3 is 15.3 Å². The van der Waals surface area contributed by atoms with Crippen LogP contribution in [0.2, 0.25) is 0 Å². The first-order chi connectivity index (χ1) is 14.2. The van der Waals surface area contributed by atoms with Crippen molar-refractivity contribution in [2.45, 2.75) is 104 Å². The summed E-state index contributed by atoms with van der Waals surface area (Å²) in [6, 6.07) is 0. The molecular formula is C27H46O3. The van der Waals surface area contributed by atoms with Crippen molar-refractivity contribution in [2.24, 2.45) is 46.3 Å². The maximum atomic E-state index is 11.2. The van der Waals surface area contributed by atoms with Crippen molar-refractivity contribution in [2.75, 3.05) is 6.61 Å². The van der Waals surface area contributed by atoms with Crippen molar-refractivity contribution in [3.63, 3.8) is 0 Å². The Hall–Kier alpha value is -0.380. The van der Waals surface area contributed by atoms with Crippen LogP contribution in [-0.4, -0.2) is 34.1 Å². The summed E-state index contributed by atoms with van der Waals surface area (Å²) in [7, 11) is 0. The molecule has 2 unspecified atom stereocenters. The number of aliphatic hydroxyl groups is 3. The lowest BCUT2D eigenvalue weighted by Crippen LogP contribution is -2.51. The summed E-state index contributed by atoms with van der Waals surface area (Å²) in [5.41, 5.74) is 2.07. The fraction of sp³-hybridized carbons (Fsp3) is 0.926. The summed E-state index contributed by atoms with van der Waals surface area (Å²) >= 11 is 0. The van der Waals surface area contributed by atoms with Gasteiger partial charge in [0.2, 0.25) is 0 Å². The zero-order valence-electron chi connectivity index (χ0n) is 19.8. The third-order valence-corrected chi connectivity index (χ3v) is 10.5. The number of hydrogen-bond acceptors (Lipinski definition) is 3. The average Bonchev–Trinajstić information content (AvgIpc) is 2.98. The molecule has 0 aromatic rings. The van der Waals surface area contributed by atoms with E-state index >= 15 is 0 Å². The molecule has 3 N–H and O–H groups in total. The molecule has 0 aromatic heterocycles. The van der Waals surface area contributed by atoms with Gasteiger partial charge in [0.05, 0.1) is 12.2 Å². The van der Waals surface area contributed by atoms with Gasteiger partial charge in [-0.3, -0.25) is 0 Å². The summed E-state index contributed by atoms with van der Waals surface area (Å²) in [4.78, 5) is 0. The summed E-state index contributed by atoms with van der Waals surface area (Å²) < 4.78 is 0. The van der Waals surface area contributed by atoms with Crippen molar-refractivity contribution >= 4 is 0 Å². The highest BCUT2D eigenvalue weighted by Gasteiger charge is 2.61. The molecule has 0 aliphatic heterocycles. The standard InChI is InChI=1S/C27H46O3/c1-17(16-28)6-5-7-18(2)25-24(30)15-23-21-9-8-19-14-20(29)10-12-26(19,3)22(21)11-13-27(23,25)4/h8,17-18,20-25,28-30H,5-7,9-16H2,1-4H3/t17?,18-,20?,21-,22+,23+,24+,25+,26+,27+/m1/s1. The minimum absolute atomic E-state index is 0.137. The molecule has 3 nitrogen and oxygen atoms in total. The van der Waals surface area contributed by atoms with E-state index in [0.717, 1.165) is 50.9 Å². The highest BCUT2D eigenvalue weighted by molar-refractivity contribution is 5.25. The van der Waals surface area contributed by atoms with E-state index in [-0.39, 0.29) is 29.6 Å². The molecule has 10 atom stereocenters. The van der Waals surface area contributed by atoms with Crippen LogP contribution in [0, 0.1) is 46.3 Å². The summed E-state index contributed by atoms with van der Waals surface area (Å²) in [6.45, 7) is 9.78. The molecule has 0 spiro atoms. The Bertz CT molecular complexity index is 644. The first-order valence-corrected chi connectivity index (χ1v) is 12.9. The molecule has 0 bridgehead atoms. The highest BCUT2D eigenvalue weighted by Crippen LogP contribution is 2.67. The molecule has 0 aromatic carbocycles. The zero-order valence-corrected chi connectivity index (χ0v) is 19.8. The van der Waals surface area contributed by atoms with E-state index in [1.807, 2.05) is 0 Å². The van der Waals surface area contributed by atoms with Crippen LogP contribution >= 0.6 is 0 Å². The Morgan fingerprint density at radius 2 is 1.83 bits per heavy atom. The Labute approximate surface area is 184 Å². The lowest BCUT2D eigenvalue weighted by Gasteiger charge is -2.58. The summed E-state index contributed by atoms with van der Waals surface area (Å²) in [6.07, 6.45) is 13.3. The van der Waals surface area contributed by atoms with Gasteiger partial charge in [-0.05, 0) is 97.7 Å². The van der Waals surface area contributed by atoms with Gasteiger partial charge >= 0.3 is 0 Å². The molecule has 0 saturated heterocycles. The predicted molar refractivity (Wildman–Crippen MR) is 122 cm³/mol. The Morgan fingerprint density at radius 1 is 1.07 bits per heavy atom. The summed E-state index contributed by atoms with van der Waals surface area (Å²) in [5, 5.41) is 30.8. The van der Waals surface area contributed by atoms with Gasteiger partial charge in [0, 0.05) is 6.61 Å². The predicted octanol–water partition coefficient (Wildman–Crippen LogP) is 5.33. The topological polar surface area (TPSA) is 60.7 Å². The van der Waals surface area contributed by atoms with Crippen LogP contribution < -0.4 is 0 Å². The van der Waals surface area contributed by atoms with Gasteiger partial charge in [-0.2, -0.15) is 0 Å². The monoisotopic (exact) mass is 418 g/mol. The normalized spacial score (nSPS) is 47.6. The number of aliphatic hydroxyl groups excluding tert-OH is 3. The number of hydrogen-bond donors (Lipinski definition) is 3. The van der Waals surface area contributed by atoms with Gasteiger partial charge in [-0.15, -0.1) is 0 Å². The SMILES string of the molecule is CC(CO)CCC[C@@H](C)[C@H]1[C@@H](O)C[C@H]2[C@@H]3CC=C4CC(O)CC[C@]4(C)[C@H]3CC[C@]12C. The Kier molecular flexibility index (Phi) is 6.48. The third kappa shape index (κ3) is 3.71. The smallest absolute Gasteiger partial charge is 0.0579 e. The zero-order chi connectivity index (χ0) is 21.7. The van der Waals surface area contributed by atoms with Crippen LogP contribution in [0.5, 0.6) is 0 Å². The fourth-order valence-corrected chi connectivity index (χ4v) is 8.78. The van der Waals surface area contributed by atoms with Crippen molar-refractivity contribution in [1.29, 1.82) is 0 Å². The van der Waals surface area contributed by atoms with Crippen molar-refractivity contribution in [1.82, 2.24) is 0 Å². The van der Waals surface area contributed by atoms with E-state index in [2.05, 4.69) is 33.8 Å². The molecule has 4 rings (SSSR count). The van der Waals surface area contributed by atoms with Crippen LogP contribution in [0.25, 0.3) is 0 Å². The second-order valence-corrected chi connectivity index (χ2v) is 12.2. The minimum Gasteiger partial charge on any atom is -0.396 e. The lowest BCUT2D eigenvalue weighted by molar-refractivity contribution is -0.0620. The van der Waals surface area contributed by atoms with Crippen LogP contribution in [0.3, 0.4) is 0 Å². The molecule has 0 amide bonds. The maximum Gasteiger partial charge on any atom is 0.0579 e. The molecule has 0 heterocycles. The van der Waals surface area contributed by atoms with E-state index in [0.29, 0.717) is 29.6 Å². The lowest BCUT2D eigenvalue weighted by atomic mass is 9.47. The molecule has 30 heavy (non-hydrogen) atoms. The number of rotatable bonds is 6. The van der Waals surface area contributed by atoms with Crippen LogP contribution in [0.4, 0.5) is 0 Å². The largest absolute Gasteiger partial charge is 0.396 e. The van der Waals surface area contributed by atoms with Gasteiger partial charge in [0.25, 0.3) is 0 Å². The van der Waals surface area contributed by atoms with E-state index in [9.17, 15) is 15.3 Å². The van der Waals surface area contributed by atoms with Gasteiger partial charge in [-0.25, -0.2) is 0 Å².